The fourth-order valence-corrected chi connectivity index (χ4v) is 14.0. The number of thiophene rings is 2. The van der Waals surface area contributed by atoms with Gasteiger partial charge in [-0.2, -0.15) is 0 Å². The van der Waals surface area contributed by atoms with E-state index in [1.54, 1.807) is 17.9 Å². The average molecular weight is 861 g/mol. The molecule has 7 heteroatoms. The van der Waals surface area contributed by atoms with Crippen LogP contribution in [-0.2, 0) is 22.7 Å². The number of ether oxygens (including phenoxy) is 1. The zero-order valence-corrected chi connectivity index (χ0v) is 31.8. The Labute approximate surface area is 299 Å². The SMILES string of the molecule is CC=C1COCC1=CC(C#Cc1sc(/C=C/C)c2c(F)c(C(C)=O)sc12)=C([C]#[Os])[P+](c1ccccc1)(c1ccccc1)c1ccccc1. The molecule has 1 saturated heterocycles. The molecule has 239 valence electrons. The van der Waals surface area contributed by atoms with Gasteiger partial charge < -0.3 is 0 Å². The van der Waals surface area contributed by atoms with Crippen LogP contribution in [0.25, 0.3) is 16.2 Å². The van der Waals surface area contributed by atoms with Crippen molar-refractivity contribution in [3.8, 4) is 16.2 Å². The van der Waals surface area contributed by atoms with Crippen LogP contribution >= 0.6 is 29.9 Å². The van der Waals surface area contributed by atoms with Crippen LogP contribution in [0.15, 0.2) is 131 Å². The molecule has 3 aromatic carbocycles. The van der Waals surface area contributed by atoms with Crippen molar-refractivity contribution in [3.63, 3.8) is 0 Å². The molecule has 0 bridgehead atoms. The molecule has 0 unspecified atom stereocenters. The molecule has 2 aromatic heterocycles. The fraction of sp³-hybridized carbons (Fsp3) is 0.122. The van der Waals surface area contributed by atoms with Crippen LogP contribution in [0.2, 0.25) is 0 Å². The number of carbonyl (C=O) groups excluding carboxylic acids is 1. The fourth-order valence-electron chi connectivity index (χ4n) is 5.97. The van der Waals surface area contributed by atoms with Crippen molar-refractivity contribution >= 4 is 67.8 Å². The predicted molar refractivity (Wildman–Crippen MR) is 200 cm³/mol. The molecule has 3 heterocycles. The standard InChI is InChI=1S/C41H32FO2PS2.Os/c1-5-16-36-38-39(42)40(28(3)43)47-41(38)37(46-36)24-23-31(25-32-27-44-26-30(32)6-2)29(4)45(33-17-10-7-11-18-33,34-19-12-8-13-20-34)35-21-14-9-15-22-35;/h5-22,25H,26-27H2,1-3H3;/q+1;/b16-5+,30-6?,31-29?,32-25?;. The van der Waals surface area contributed by atoms with E-state index < -0.39 is 13.1 Å². The maximum absolute atomic E-state index is 15.6. The average Bonchev–Trinajstić information content (AvgIpc) is 3.82. The van der Waals surface area contributed by atoms with E-state index in [-0.39, 0.29) is 10.7 Å². The first-order chi connectivity index (χ1) is 23.4. The Hall–Kier alpha value is -3.75. The molecule has 6 rings (SSSR count). The molecule has 1 fully saturated rings. The summed E-state index contributed by atoms with van der Waals surface area (Å²) in [6, 6.07) is 32.0. The van der Waals surface area contributed by atoms with Gasteiger partial charge in [0.2, 0.25) is 0 Å². The first-order valence-corrected chi connectivity index (χ1v) is 20.1. The summed E-state index contributed by atoms with van der Waals surface area (Å²) < 4.78 is 25.9. The number of hydrogen-bond donors (Lipinski definition) is 0. The van der Waals surface area contributed by atoms with E-state index in [0.29, 0.717) is 23.3 Å². The molecule has 0 spiro atoms. The van der Waals surface area contributed by atoms with E-state index in [9.17, 15) is 4.79 Å². The number of rotatable bonds is 7. The monoisotopic (exact) mass is 862 g/mol. The van der Waals surface area contributed by atoms with Crippen LogP contribution in [0.4, 0.5) is 4.39 Å². The van der Waals surface area contributed by atoms with Gasteiger partial charge in [0, 0.05) is 0 Å². The normalized spacial score (nSPS) is 15.5. The Morgan fingerprint density at radius 1 is 0.875 bits per heavy atom. The number of benzene rings is 3. The molecular weight excluding hydrogens is 829 g/mol. The van der Waals surface area contributed by atoms with E-state index in [1.165, 1.54) is 45.5 Å². The number of fused-ring (bicyclic) bond motifs is 1. The number of ketones is 1. The van der Waals surface area contributed by atoms with Crippen LogP contribution in [-0.4, -0.2) is 19.0 Å². The van der Waals surface area contributed by atoms with Gasteiger partial charge in [-0.05, 0) is 0 Å². The number of Topliss-reactive ketones (excluding diaryl/α,β-unsaturated/α-hetero) is 1. The molecule has 0 atom stereocenters. The number of carbonyl (C=O) groups is 1. The first kappa shape index (κ1) is 34.1. The van der Waals surface area contributed by atoms with Crippen molar-refractivity contribution in [2.24, 2.45) is 0 Å². The molecule has 0 saturated carbocycles. The summed E-state index contributed by atoms with van der Waals surface area (Å²) in [7, 11) is -2.54. The minimum atomic E-state index is -2.54. The zero-order chi connectivity index (χ0) is 33.7. The summed E-state index contributed by atoms with van der Waals surface area (Å²) in [6.45, 7) is 6.39. The molecule has 0 N–H and O–H groups in total. The molecule has 2 nitrogen and oxygen atoms in total. The summed E-state index contributed by atoms with van der Waals surface area (Å²) in [5.41, 5.74) is 3.06. The molecule has 48 heavy (non-hydrogen) atoms. The summed E-state index contributed by atoms with van der Waals surface area (Å²) in [5, 5.41) is 5.09. The van der Waals surface area contributed by atoms with E-state index >= 15 is 4.39 Å². The van der Waals surface area contributed by atoms with E-state index in [4.69, 9.17) is 4.74 Å². The number of hydrogen-bond acceptors (Lipinski definition) is 4. The molecule has 5 aromatic rings. The Balaban J connectivity index is 1.74. The topological polar surface area (TPSA) is 26.3 Å². The van der Waals surface area contributed by atoms with Gasteiger partial charge in [0.05, 0.1) is 0 Å². The van der Waals surface area contributed by atoms with Crippen molar-refractivity contribution in [1.82, 2.24) is 0 Å². The van der Waals surface area contributed by atoms with Gasteiger partial charge in [-0.1, -0.05) is 0 Å². The Morgan fingerprint density at radius 3 is 1.94 bits per heavy atom. The van der Waals surface area contributed by atoms with Crippen LogP contribution < -0.4 is 15.9 Å². The second-order valence-electron chi connectivity index (χ2n) is 11.1. The third kappa shape index (κ3) is 6.37. The second-order valence-corrected chi connectivity index (χ2v) is 17.1. The van der Waals surface area contributed by atoms with Crippen molar-refractivity contribution in [2.45, 2.75) is 20.8 Å². The Morgan fingerprint density at radius 2 is 1.44 bits per heavy atom. The van der Waals surface area contributed by atoms with Crippen LogP contribution in [0.5, 0.6) is 0 Å². The van der Waals surface area contributed by atoms with E-state index in [2.05, 4.69) is 119 Å². The van der Waals surface area contributed by atoms with Crippen molar-refractivity contribution < 1.29 is 31.9 Å². The Bertz CT molecular complexity index is 2130. The van der Waals surface area contributed by atoms with Gasteiger partial charge in [-0.15, -0.1) is 0 Å². The summed E-state index contributed by atoms with van der Waals surface area (Å²) >= 11 is 4.35. The molecule has 1 aliphatic rings. The van der Waals surface area contributed by atoms with E-state index in [0.717, 1.165) is 31.8 Å². The summed E-state index contributed by atoms with van der Waals surface area (Å²) in [6.07, 6.45) is 8.05. The predicted octanol–water partition coefficient (Wildman–Crippen LogP) is 9.35. The van der Waals surface area contributed by atoms with Gasteiger partial charge in [-0.25, -0.2) is 0 Å². The summed E-state index contributed by atoms with van der Waals surface area (Å²) in [5.74, 6) is 6.34. The van der Waals surface area contributed by atoms with Crippen molar-refractivity contribution in [1.29, 1.82) is 0 Å². The first-order valence-electron chi connectivity index (χ1n) is 15.4. The van der Waals surface area contributed by atoms with E-state index in [1.807, 2.05) is 26.0 Å². The van der Waals surface area contributed by atoms with Gasteiger partial charge in [-0.3, -0.25) is 0 Å². The third-order valence-corrected chi connectivity index (χ3v) is 16.0. The molecule has 0 aliphatic carbocycles. The minimum absolute atomic E-state index is 0.139. The van der Waals surface area contributed by atoms with Crippen molar-refractivity contribution in [3.05, 3.63) is 152 Å². The number of halogens is 1. The van der Waals surface area contributed by atoms with Gasteiger partial charge in [0.15, 0.2) is 0 Å². The third-order valence-electron chi connectivity index (χ3n) is 8.16. The molecule has 0 radical (unpaired) electrons. The Kier molecular flexibility index (Phi) is 10.8. The summed E-state index contributed by atoms with van der Waals surface area (Å²) in [4.78, 5) is 14.0. The zero-order valence-electron chi connectivity index (χ0n) is 26.7. The quantitative estimate of drug-likeness (QED) is 0.0928. The van der Waals surface area contributed by atoms with Crippen LogP contribution in [0, 0.1) is 22.0 Å². The van der Waals surface area contributed by atoms with Gasteiger partial charge in [0.25, 0.3) is 0 Å². The van der Waals surface area contributed by atoms with Gasteiger partial charge >= 0.3 is 302 Å². The van der Waals surface area contributed by atoms with Crippen LogP contribution in [0.3, 0.4) is 0 Å². The maximum atomic E-state index is 15.6. The van der Waals surface area contributed by atoms with Gasteiger partial charge in [0.1, 0.15) is 0 Å². The number of allylic oxidation sites excluding steroid dienone is 5. The molecule has 0 amide bonds. The second kappa shape index (κ2) is 15.2. The molecular formula is C41H32FO2OsPS2+. The van der Waals surface area contributed by atoms with Crippen molar-refractivity contribution in [2.75, 3.05) is 13.2 Å². The molecule has 1 aliphatic heterocycles. The van der Waals surface area contributed by atoms with Crippen LogP contribution in [0.1, 0.15) is 40.2 Å².